The maximum absolute atomic E-state index is 13.2. The highest BCUT2D eigenvalue weighted by atomic mass is 16.6. The number of esters is 4. The summed E-state index contributed by atoms with van der Waals surface area (Å²) in [5, 5.41) is 20.3. The second-order valence-corrected chi connectivity index (χ2v) is 18.8. The number of anilines is 1. The number of imide groups is 2. The number of rotatable bonds is 17. The molecule has 17 nitrogen and oxygen atoms in total. The van der Waals surface area contributed by atoms with Crippen LogP contribution in [0.3, 0.4) is 0 Å². The van der Waals surface area contributed by atoms with Gasteiger partial charge in [-0.15, -0.1) is 15.0 Å². The van der Waals surface area contributed by atoms with Crippen molar-refractivity contribution in [3.8, 4) is 11.4 Å². The first-order valence-electron chi connectivity index (χ1n) is 25.8. The highest BCUT2D eigenvalue weighted by Crippen LogP contribution is 2.40. The van der Waals surface area contributed by atoms with E-state index >= 15 is 0 Å². The van der Waals surface area contributed by atoms with Gasteiger partial charge in [0.25, 0.3) is 0 Å². The van der Waals surface area contributed by atoms with E-state index < -0.39 is 47.6 Å². The fraction of sp³-hybridized carbons (Fsp3) is 0.222. The summed E-state index contributed by atoms with van der Waals surface area (Å²) in [5.41, 5.74) is 7.27. The van der Waals surface area contributed by atoms with Gasteiger partial charge in [0.2, 0.25) is 11.8 Å². The number of carbonyl (C=O) groups excluding carboxylic acids is 7. The van der Waals surface area contributed by atoms with E-state index in [1.54, 1.807) is 41.2 Å². The van der Waals surface area contributed by atoms with Gasteiger partial charge in [0.05, 0.1) is 23.4 Å². The Bertz CT molecular complexity index is 3290. The Balaban J connectivity index is 0.000000174. The number of amides is 4. The van der Waals surface area contributed by atoms with Crippen LogP contribution < -0.4 is 4.90 Å². The summed E-state index contributed by atoms with van der Waals surface area (Å²) in [6.07, 6.45) is 1.12. The van der Waals surface area contributed by atoms with Crippen LogP contribution in [0.2, 0.25) is 0 Å². The third-order valence-electron chi connectivity index (χ3n) is 12.8. The summed E-state index contributed by atoms with van der Waals surface area (Å²) < 4.78 is 19.1. The van der Waals surface area contributed by atoms with E-state index in [0.717, 1.165) is 50.2 Å². The molecular formula is C63H61N5O12. The second kappa shape index (κ2) is 27.5. The number of hydrogen-bond acceptors (Lipinski definition) is 14. The average Bonchev–Trinajstić information content (AvgIpc) is 4.03. The summed E-state index contributed by atoms with van der Waals surface area (Å²) >= 11 is 0. The van der Waals surface area contributed by atoms with Crippen molar-refractivity contribution in [2.45, 2.75) is 59.4 Å². The van der Waals surface area contributed by atoms with Crippen LogP contribution in [0, 0.1) is 5.92 Å². The Morgan fingerprint density at radius 2 is 1.00 bits per heavy atom. The standard InChI is InChI=1S/C24H20N2O3.C23H23N3O.C16H18O8/c27-22-21(16-18-10-4-1-5-11-18)23(28)26(20-14-8-3-9-15-20)24(29)25(22)17-19-12-6-2-7-13-19;1-4-16-14-18(23(2,3)17-10-6-5-7-11-17)22(27)21(15-16)26-24-19-12-8-9-13-20(19)25-26;1-11(17)21-7-9-23-15(19)13-5-3-4-6-14(13)16(20)24-10-8-22-12(2)18/h1-15,21H,16-17H2;5-15,27H,4H2,1-3H3;3-6H,7-10H2,1-2H3. The number of fused-ring (bicyclic) bond motifs is 1. The topological polar surface area (TPSA) is 214 Å². The summed E-state index contributed by atoms with van der Waals surface area (Å²) in [4.78, 5) is 88.6. The molecule has 9 rings (SSSR count). The smallest absolute Gasteiger partial charge is 0.339 e. The zero-order chi connectivity index (χ0) is 57.2. The van der Waals surface area contributed by atoms with Gasteiger partial charge in [0.15, 0.2) is 0 Å². The maximum atomic E-state index is 13.2. The normalized spacial score (nSPS) is 13.1. The molecule has 1 fully saturated rings. The van der Waals surface area contributed by atoms with E-state index in [2.05, 4.69) is 58.6 Å². The number of aromatic hydroxyl groups is 1. The molecule has 1 aliphatic rings. The Kier molecular flexibility index (Phi) is 19.9. The lowest BCUT2D eigenvalue weighted by Crippen LogP contribution is -2.60. The molecule has 0 bridgehead atoms. The van der Waals surface area contributed by atoms with Crippen molar-refractivity contribution in [3.05, 3.63) is 221 Å². The van der Waals surface area contributed by atoms with Crippen LogP contribution in [0.1, 0.15) is 83.2 Å². The van der Waals surface area contributed by atoms with Crippen LogP contribution in [0.5, 0.6) is 5.75 Å². The Morgan fingerprint density at radius 1 is 0.550 bits per heavy atom. The lowest BCUT2D eigenvalue weighted by atomic mass is 9.77. The van der Waals surface area contributed by atoms with Crippen molar-refractivity contribution < 1.29 is 57.6 Å². The van der Waals surface area contributed by atoms with Gasteiger partial charge in [-0.05, 0) is 77.6 Å². The van der Waals surface area contributed by atoms with Crippen molar-refractivity contribution in [3.63, 3.8) is 0 Å². The highest BCUT2D eigenvalue weighted by Gasteiger charge is 2.46. The third kappa shape index (κ3) is 14.8. The summed E-state index contributed by atoms with van der Waals surface area (Å²) in [5.74, 6) is -4.12. The van der Waals surface area contributed by atoms with E-state index in [0.29, 0.717) is 11.4 Å². The first-order chi connectivity index (χ1) is 38.6. The van der Waals surface area contributed by atoms with Gasteiger partial charge in [0, 0.05) is 24.8 Å². The van der Waals surface area contributed by atoms with Crippen molar-refractivity contribution in [2.75, 3.05) is 31.3 Å². The van der Waals surface area contributed by atoms with Crippen LogP contribution in [0.25, 0.3) is 16.7 Å². The molecule has 2 heterocycles. The van der Waals surface area contributed by atoms with Gasteiger partial charge in [-0.3, -0.25) is 24.1 Å². The van der Waals surface area contributed by atoms with Gasteiger partial charge in [-0.1, -0.05) is 160 Å². The van der Waals surface area contributed by atoms with Crippen LogP contribution >= 0.6 is 0 Å². The Labute approximate surface area is 463 Å². The van der Waals surface area contributed by atoms with E-state index in [9.17, 15) is 38.7 Å². The van der Waals surface area contributed by atoms with Crippen LogP contribution in [-0.4, -0.2) is 93.2 Å². The molecule has 1 unspecified atom stereocenters. The van der Waals surface area contributed by atoms with E-state index in [-0.39, 0.29) is 61.7 Å². The molecule has 8 aromatic rings. The molecule has 0 saturated carbocycles. The summed E-state index contributed by atoms with van der Waals surface area (Å²) in [6, 6.07) is 54.8. The molecule has 1 saturated heterocycles. The number of phenols is 1. The first-order valence-corrected chi connectivity index (χ1v) is 25.8. The minimum absolute atomic E-state index is 0.0258. The van der Waals surface area contributed by atoms with Crippen LogP contribution in [0.4, 0.5) is 10.5 Å². The molecule has 1 N–H and O–H groups in total. The van der Waals surface area contributed by atoms with Gasteiger partial charge in [-0.25, -0.2) is 19.3 Å². The van der Waals surface area contributed by atoms with Crippen molar-refractivity contribution in [1.82, 2.24) is 19.9 Å². The molecule has 0 aliphatic carbocycles. The minimum atomic E-state index is -0.945. The molecule has 0 spiro atoms. The number of ether oxygens (including phenoxy) is 4. The first kappa shape index (κ1) is 57.9. The van der Waals surface area contributed by atoms with Gasteiger partial charge in [0.1, 0.15) is 54.8 Å². The van der Waals surface area contributed by atoms with Crippen LogP contribution in [0.15, 0.2) is 182 Å². The molecule has 7 aromatic carbocycles. The molecule has 1 atom stereocenters. The quantitative estimate of drug-likeness (QED) is 0.0389. The Morgan fingerprint density at radius 3 is 1.50 bits per heavy atom. The number of benzene rings is 7. The van der Waals surface area contributed by atoms with E-state index in [1.165, 1.54) is 30.9 Å². The zero-order valence-electron chi connectivity index (χ0n) is 45.0. The lowest BCUT2D eigenvalue weighted by molar-refractivity contribution is -0.142. The minimum Gasteiger partial charge on any atom is -0.505 e. The monoisotopic (exact) mass is 1080 g/mol. The average molecular weight is 1080 g/mol. The predicted octanol–water partition coefficient (Wildman–Crippen LogP) is 10.2. The summed E-state index contributed by atoms with van der Waals surface area (Å²) in [7, 11) is 0. The fourth-order valence-corrected chi connectivity index (χ4v) is 8.63. The molecule has 1 aromatic heterocycles. The van der Waals surface area contributed by atoms with Gasteiger partial charge >= 0.3 is 29.9 Å². The number of nitrogens with zero attached hydrogens (tertiary/aromatic N) is 5. The second-order valence-electron chi connectivity index (χ2n) is 18.8. The maximum Gasteiger partial charge on any atom is 0.339 e. The zero-order valence-corrected chi connectivity index (χ0v) is 45.0. The van der Waals surface area contributed by atoms with Gasteiger partial charge in [-0.2, -0.15) is 0 Å². The molecule has 0 radical (unpaired) electrons. The molecule has 410 valence electrons. The summed E-state index contributed by atoms with van der Waals surface area (Å²) in [6.45, 7) is 8.57. The molecule has 4 amide bonds. The SMILES string of the molecule is CC(=O)OCCOC(=O)c1ccccc1C(=O)OCCOC(C)=O.CCc1cc(-n2nc3ccccc3n2)c(O)c(C(C)(C)c2ccccc2)c1.O=C1C(Cc2ccccc2)C(=O)N(c2ccccc2)C(=O)N1Cc1ccccc1. The van der Waals surface area contributed by atoms with E-state index in [4.69, 9.17) is 9.47 Å². The predicted molar refractivity (Wildman–Crippen MR) is 299 cm³/mol. The molecule has 80 heavy (non-hydrogen) atoms. The number of aromatic nitrogens is 3. The molecule has 17 heteroatoms. The van der Waals surface area contributed by atoms with Crippen molar-refractivity contribution in [1.29, 1.82) is 0 Å². The van der Waals surface area contributed by atoms with E-state index in [1.807, 2.05) is 115 Å². The third-order valence-corrected chi connectivity index (χ3v) is 12.8. The molecular weight excluding hydrogens is 1020 g/mol. The van der Waals surface area contributed by atoms with Crippen molar-refractivity contribution >= 4 is 58.4 Å². The number of barbiturate groups is 1. The number of urea groups is 1. The Hall–Kier alpha value is -9.77. The van der Waals surface area contributed by atoms with Crippen LogP contribution in [-0.2, 0) is 62.9 Å². The number of phenolic OH excluding ortho intramolecular Hbond substituents is 1. The van der Waals surface area contributed by atoms with Crippen molar-refractivity contribution in [2.24, 2.45) is 5.92 Å². The number of aryl methyl sites for hydroxylation is 1. The van der Waals surface area contributed by atoms with Gasteiger partial charge < -0.3 is 24.1 Å². The number of hydrogen-bond donors (Lipinski definition) is 1. The highest BCUT2D eigenvalue weighted by molar-refractivity contribution is 6.27. The fourth-order valence-electron chi connectivity index (χ4n) is 8.63. The number of carbonyl (C=O) groups is 7. The lowest BCUT2D eigenvalue weighted by Gasteiger charge is -2.37. The number of para-hydroxylation sites is 1. The largest absolute Gasteiger partial charge is 0.505 e. The molecule has 1 aliphatic heterocycles.